The molecule has 1 rings (SSSR count). The summed E-state index contributed by atoms with van der Waals surface area (Å²) in [7, 11) is 0. The summed E-state index contributed by atoms with van der Waals surface area (Å²) in [5.74, 6) is 5.31. The number of halogens is 1. The van der Waals surface area contributed by atoms with Crippen molar-refractivity contribution in [3.05, 3.63) is 35.1 Å². The summed E-state index contributed by atoms with van der Waals surface area (Å²) >= 11 is 0. The van der Waals surface area contributed by atoms with Crippen molar-refractivity contribution in [3.63, 3.8) is 0 Å². The third kappa shape index (κ3) is 2.84. The molecule has 0 aliphatic heterocycles. The van der Waals surface area contributed by atoms with Crippen molar-refractivity contribution in [2.24, 2.45) is 5.73 Å². The van der Waals surface area contributed by atoms with Gasteiger partial charge in [-0.3, -0.25) is 0 Å². The molecule has 0 aliphatic carbocycles. The second-order valence-electron chi connectivity index (χ2n) is 2.80. The van der Waals surface area contributed by atoms with Crippen LogP contribution in [0.3, 0.4) is 0 Å². The summed E-state index contributed by atoms with van der Waals surface area (Å²) in [4.78, 5) is 0. The number of aliphatic hydroxyl groups excluding tert-OH is 1. The highest BCUT2D eigenvalue weighted by atomic mass is 19.1. The van der Waals surface area contributed by atoms with Gasteiger partial charge in [0.1, 0.15) is 5.82 Å². The lowest BCUT2D eigenvalue weighted by Gasteiger charge is -1.99. The van der Waals surface area contributed by atoms with Gasteiger partial charge in [0.05, 0.1) is 6.61 Å². The van der Waals surface area contributed by atoms with E-state index in [2.05, 4.69) is 11.8 Å². The van der Waals surface area contributed by atoms with Crippen LogP contribution >= 0.6 is 0 Å². The molecule has 1 aromatic rings. The van der Waals surface area contributed by atoms with E-state index in [0.29, 0.717) is 24.1 Å². The lowest BCUT2D eigenvalue weighted by molar-refractivity contribution is 0.281. The zero-order chi connectivity index (χ0) is 10.4. The zero-order valence-corrected chi connectivity index (χ0v) is 7.76. The molecule has 0 saturated carbocycles. The van der Waals surface area contributed by atoms with Crippen molar-refractivity contribution in [2.75, 3.05) is 6.54 Å². The topological polar surface area (TPSA) is 46.2 Å². The van der Waals surface area contributed by atoms with E-state index < -0.39 is 0 Å². The summed E-state index contributed by atoms with van der Waals surface area (Å²) in [5.41, 5.74) is 6.44. The second-order valence-corrected chi connectivity index (χ2v) is 2.80. The smallest absolute Gasteiger partial charge is 0.123 e. The summed E-state index contributed by atoms with van der Waals surface area (Å²) < 4.78 is 12.7. The fraction of sp³-hybridized carbons (Fsp3) is 0.273. The lowest BCUT2D eigenvalue weighted by atomic mass is 10.1. The average molecular weight is 193 g/mol. The van der Waals surface area contributed by atoms with Crippen LogP contribution in [-0.2, 0) is 6.61 Å². The minimum absolute atomic E-state index is 0.204. The number of rotatable bonds is 2. The first-order valence-electron chi connectivity index (χ1n) is 4.36. The van der Waals surface area contributed by atoms with E-state index in [1.54, 1.807) is 6.07 Å². The maximum absolute atomic E-state index is 12.7. The standard InChI is InChI=1S/C11H12FNO/c12-11-5-4-9(3-1-2-6-13)10(7-11)8-14/h4-5,7,14H,2,6,8,13H2. The van der Waals surface area contributed by atoms with E-state index in [1.165, 1.54) is 12.1 Å². The Bertz CT molecular complexity index is 365. The monoisotopic (exact) mass is 193 g/mol. The first-order valence-corrected chi connectivity index (χ1v) is 4.36. The maximum atomic E-state index is 12.7. The highest BCUT2D eigenvalue weighted by Crippen LogP contribution is 2.09. The molecule has 0 bridgehead atoms. The molecule has 0 radical (unpaired) electrons. The van der Waals surface area contributed by atoms with Crippen molar-refractivity contribution < 1.29 is 9.50 Å². The summed E-state index contributed by atoms with van der Waals surface area (Å²) in [6.07, 6.45) is 0.599. The Kier molecular flexibility index (Phi) is 4.11. The molecule has 3 heteroatoms. The Balaban J connectivity index is 2.92. The van der Waals surface area contributed by atoms with Gasteiger partial charge < -0.3 is 10.8 Å². The van der Waals surface area contributed by atoms with Crippen LogP contribution in [0, 0.1) is 17.7 Å². The van der Waals surface area contributed by atoms with Crippen molar-refractivity contribution >= 4 is 0 Å². The predicted molar refractivity (Wildman–Crippen MR) is 52.9 cm³/mol. The van der Waals surface area contributed by atoms with Gasteiger partial charge in [0.15, 0.2) is 0 Å². The Hall–Kier alpha value is -1.37. The van der Waals surface area contributed by atoms with Crippen LogP contribution in [0.2, 0.25) is 0 Å². The predicted octanol–water partition coefficient (Wildman–Crippen LogP) is 1.02. The molecule has 1 aromatic carbocycles. The van der Waals surface area contributed by atoms with Crippen LogP contribution < -0.4 is 5.73 Å². The number of hydrogen-bond donors (Lipinski definition) is 2. The van der Waals surface area contributed by atoms with Crippen LogP contribution in [0.15, 0.2) is 18.2 Å². The molecule has 0 atom stereocenters. The van der Waals surface area contributed by atoms with Gasteiger partial charge in [-0.05, 0) is 23.8 Å². The van der Waals surface area contributed by atoms with Gasteiger partial charge in [-0.2, -0.15) is 0 Å². The fourth-order valence-electron chi connectivity index (χ4n) is 1.04. The van der Waals surface area contributed by atoms with Crippen LogP contribution in [0.4, 0.5) is 4.39 Å². The molecule has 0 amide bonds. The van der Waals surface area contributed by atoms with Gasteiger partial charge in [0, 0.05) is 18.5 Å². The Labute approximate surface area is 82.6 Å². The third-order valence-corrected chi connectivity index (χ3v) is 1.73. The lowest BCUT2D eigenvalue weighted by Crippen LogP contribution is -1.96. The second kappa shape index (κ2) is 5.38. The largest absolute Gasteiger partial charge is 0.392 e. The quantitative estimate of drug-likeness (QED) is 0.689. The van der Waals surface area contributed by atoms with Crippen molar-refractivity contribution in [1.29, 1.82) is 0 Å². The van der Waals surface area contributed by atoms with Gasteiger partial charge in [-0.25, -0.2) is 4.39 Å². The van der Waals surface area contributed by atoms with Gasteiger partial charge in [0.25, 0.3) is 0 Å². The number of nitrogens with two attached hydrogens (primary N) is 1. The SMILES string of the molecule is NCCC#Cc1ccc(F)cc1CO. The van der Waals surface area contributed by atoms with Crippen LogP contribution in [0.1, 0.15) is 17.5 Å². The molecule has 2 nitrogen and oxygen atoms in total. The van der Waals surface area contributed by atoms with E-state index in [1.807, 2.05) is 0 Å². The maximum Gasteiger partial charge on any atom is 0.123 e. The van der Waals surface area contributed by atoms with Crippen LogP contribution in [0.5, 0.6) is 0 Å². The van der Waals surface area contributed by atoms with E-state index in [9.17, 15) is 4.39 Å². The van der Waals surface area contributed by atoms with Crippen molar-refractivity contribution in [2.45, 2.75) is 13.0 Å². The van der Waals surface area contributed by atoms with Crippen LogP contribution in [-0.4, -0.2) is 11.7 Å². The van der Waals surface area contributed by atoms with E-state index in [-0.39, 0.29) is 12.4 Å². The number of aliphatic hydroxyl groups is 1. The normalized spacial score (nSPS) is 9.36. The van der Waals surface area contributed by atoms with E-state index >= 15 is 0 Å². The molecule has 0 fully saturated rings. The van der Waals surface area contributed by atoms with Gasteiger partial charge in [-0.1, -0.05) is 11.8 Å². The van der Waals surface area contributed by atoms with Crippen molar-refractivity contribution in [3.8, 4) is 11.8 Å². The Morgan fingerprint density at radius 3 is 2.86 bits per heavy atom. The molecule has 74 valence electrons. The summed E-state index contributed by atoms with van der Waals surface area (Å²) in [6, 6.07) is 4.17. The van der Waals surface area contributed by atoms with E-state index in [0.717, 1.165) is 0 Å². The molecule has 14 heavy (non-hydrogen) atoms. The molecule has 0 unspecified atom stereocenters. The Morgan fingerprint density at radius 2 is 2.21 bits per heavy atom. The number of hydrogen-bond acceptors (Lipinski definition) is 2. The van der Waals surface area contributed by atoms with Crippen LogP contribution in [0.25, 0.3) is 0 Å². The number of benzene rings is 1. The highest BCUT2D eigenvalue weighted by molar-refractivity contribution is 5.41. The fourth-order valence-corrected chi connectivity index (χ4v) is 1.04. The molecule has 0 aliphatic rings. The minimum atomic E-state index is -0.363. The van der Waals surface area contributed by atoms with Crippen molar-refractivity contribution in [1.82, 2.24) is 0 Å². The average Bonchev–Trinajstić information content (AvgIpc) is 2.20. The van der Waals surface area contributed by atoms with E-state index in [4.69, 9.17) is 10.8 Å². The zero-order valence-electron chi connectivity index (χ0n) is 7.76. The molecule has 0 spiro atoms. The highest BCUT2D eigenvalue weighted by Gasteiger charge is 1.99. The van der Waals surface area contributed by atoms with Gasteiger partial charge in [0.2, 0.25) is 0 Å². The third-order valence-electron chi connectivity index (χ3n) is 1.73. The Morgan fingerprint density at radius 1 is 1.43 bits per heavy atom. The van der Waals surface area contributed by atoms with Gasteiger partial charge >= 0.3 is 0 Å². The first-order chi connectivity index (χ1) is 6.77. The van der Waals surface area contributed by atoms with Gasteiger partial charge in [-0.15, -0.1) is 0 Å². The molecule has 0 aromatic heterocycles. The molecule has 0 saturated heterocycles. The molecular formula is C11H12FNO. The first kappa shape index (κ1) is 10.7. The summed E-state index contributed by atoms with van der Waals surface area (Å²) in [5, 5.41) is 8.94. The molecule has 0 heterocycles. The minimum Gasteiger partial charge on any atom is -0.392 e. The molecular weight excluding hydrogens is 181 g/mol. The summed E-state index contributed by atoms with van der Waals surface area (Å²) in [6.45, 7) is 0.299. The molecule has 3 N–H and O–H groups in total.